The Bertz CT molecular complexity index is 2800. The summed E-state index contributed by atoms with van der Waals surface area (Å²) in [6.07, 6.45) is 2.18. The van der Waals surface area contributed by atoms with Crippen LogP contribution in [-0.4, -0.2) is 24.1 Å². The average molecular weight is 666 g/mol. The number of benzene rings is 7. The van der Waals surface area contributed by atoms with Gasteiger partial charge >= 0.3 is 0 Å². The molecular weight excluding hydrogens is 635 g/mol. The van der Waals surface area contributed by atoms with E-state index in [9.17, 15) is 0 Å². The Morgan fingerprint density at radius 2 is 0.827 bits per heavy atom. The van der Waals surface area contributed by atoms with Gasteiger partial charge in [0.05, 0.1) is 16.6 Å². The van der Waals surface area contributed by atoms with Crippen LogP contribution in [-0.2, 0) is 0 Å². The Kier molecular flexibility index (Phi) is 7.07. The third-order valence-electron chi connectivity index (χ3n) is 9.82. The Hall–Kier alpha value is -7.11. The Morgan fingerprint density at radius 1 is 0.327 bits per heavy atom. The Balaban J connectivity index is 1.04. The maximum atomic E-state index is 4.91. The first-order valence-corrected chi connectivity index (χ1v) is 17.5. The smallest absolute Gasteiger partial charge is 0.164 e. The van der Waals surface area contributed by atoms with Crippen LogP contribution in [0.2, 0.25) is 0 Å². The van der Waals surface area contributed by atoms with E-state index in [0.717, 1.165) is 39.2 Å². The van der Waals surface area contributed by atoms with Crippen LogP contribution in [0.4, 0.5) is 0 Å². The van der Waals surface area contributed by atoms with Crippen LogP contribution >= 0.6 is 0 Å². The molecule has 0 atom stereocenters. The van der Waals surface area contributed by atoms with E-state index < -0.39 is 0 Å². The second-order valence-corrected chi connectivity index (χ2v) is 12.9. The van der Waals surface area contributed by atoms with E-state index in [2.05, 4.69) is 137 Å². The third-order valence-corrected chi connectivity index (χ3v) is 9.82. The van der Waals surface area contributed by atoms with Gasteiger partial charge in [-0.3, -0.25) is 0 Å². The lowest BCUT2D eigenvalue weighted by Gasteiger charge is -2.13. The molecule has 5 heteroatoms. The quantitative estimate of drug-likeness (QED) is 0.178. The number of nitrogens with zero attached hydrogens (tertiary/aromatic N) is 5. The summed E-state index contributed by atoms with van der Waals surface area (Å²) in [4.78, 5) is 14.7. The molecule has 3 heterocycles. The van der Waals surface area contributed by atoms with E-state index in [0.29, 0.717) is 17.5 Å². The number of para-hydroxylation sites is 2. The molecule has 0 aliphatic carbocycles. The van der Waals surface area contributed by atoms with Crippen LogP contribution in [0.15, 0.2) is 188 Å². The molecule has 0 aliphatic rings. The van der Waals surface area contributed by atoms with Crippen molar-refractivity contribution in [2.24, 2.45) is 0 Å². The van der Waals surface area contributed by atoms with Gasteiger partial charge in [-0.05, 0) is 47.5 Å². The predicted octanol–water partition coefficient (Wildman–Crippen LogP) is 11.6. The van der Waals surface area contributed by atoms with Crippen LogP contribution < -0.4 is 0 Å². The predicted molar refractivity (Wildman–Crippen MR) is 213 cm³/mol. The molecule has 7 aromatic carbocycles. The topological polar surface area (TPSA) is 48.5 Å². The number of hydrogen-bond donors (Lipinski definition) is 0. The van der Waals surface area contributed by atoms with Gasteiger partial charge in [-0.15, -0.1) is 0 Å². The lowest BCUT2D eigenvalue weighted by atomic mass is 10.0. The van der Waals surface area contributed by atoms with Gasteiger partial charge in [0.1, 0.15) is 0 Å². The van der Waals surface area contributed by atoms with Gasteiger partial charge in [-0.25, -0.2) is 15.0 Å². The molecule has 10 aromatic rings. The summed E-state index contributed by atoms with van der Waals surface area (Å²) in [5, 5.41) is 3.69. The molecule has 0 amide bonds. The first-order chi connectivity index (χ1) is 25.8. The van der Waals surface area contributed by atoms with Gasteiger partial charge in [-0.2, -0.15) is 0 Å². The highest BCUT2D eigenvalue weighted by Gasteiger charge is 2.18. The van der Waals surface area contributed by atoms with Crippen molar-refractivity contribution < 1.29 is 0 Å². The molecule has 0 saturated heterocycles. The molecule has 0 unspecified atom stereocenters. The molecule has 0 saturated carbocycles. The van der Waals surface area contributed by atoms with Crippen LogP contribution in [0, 0.1) is 0 Å². The van der Waals surface area contributed by atoms with E-state index in [1.165, 1.54) is 32.7 Å². The summed E-state index contributed by atoms with van der Waals surface area (Å²) >= 11 is 0. The van der Waals surface area contributed by atoms with Gasteiger partial charge in [0.15, 0.2) is 17.5 Å². The van der Waals surface area contributed by atoms with Crippen molar-refractivity contribution in [3.05, 3.63) is 188 Å². The minimum Gasteiger partial charge on any atom is -0.315 e. The van der Waals surface area contributed by atoms with Crippen molar-refractivity contribution in [3.63, 3.8) is 0 Å². The number of aromatic nitrogens is 5. The molecule has 0 aliphatic heterocycles. The summed E-state index contributed by atoms with van der Waals surface area (Å²) < 4.78 is 4.72. The largest absolute Gasteiger partial charge is 0.315 e. The van der Waals surface area contributed by atoms with Gasteiger partial charge in [0.2, 0.25) is 0 Å². The molecule has 5 nitrogen and oxygen atoms in total. The third kappa shape index (κ3) is 5.07. The maximum Gasteiger partial charge on any atom is 0.164 e. The Morgan fingerprint density at radius 3 is 1.44 bits per heavy atom. The fourth-order valence-electron chi connectivity index (χ4n) is 7.30. The zero-order valence-electron chi connectivity index (χ0n) is 28.1. The van der Waals surface area contributed by atoms with Crippen molar-refractivity contribution in [1.82, 2.24) is 24.1 Å². The van der Waals surface area contributed by atoms with Crippen molar-refractivity contribution >= 4 is 32.7 Å². The standard InChI is InChI=1S/C47H31N5/c1-4-12-35(13-5-1)45-48-46(36-14-6-2-7-15-36)50-47(49-45)37-22-20-32(21-23-37)33-24-27-39(28-25-33)52-42-19-11-10-18-40(42)41-29-26-34-30-31-51(43(34)44(41)52)38-16-8-3-9-17-38/h1-31H. The van der Waals surface area contributed by atoms with Crippen molar-refractivity contribution in [2.45, 2.75) is 0 Å². The van der Waals surface area contributed by atoms with Crippen molar-refractivity contribution in [2.75, 3.05) is 0 Å². The highest BCUT2D eigenvalue weighted by molar-refractivity contribution is 6.18. The van der Waals surface area contributed by atoms with Crippen LogP contribution in [0.5, 0.6) is 0 Å². The van der Waals surface area contributed by atoms with E-state index in [-0.39, 0.29) is 0 Å². The molecule has 10 rings (SSSR count). The van der Waals surface area contributed by atoms with Gasteiger partial charge in [0.25, 0.3) is 0 Å². The average Bonchev–Trinajstić information content (AvgIpc) is 3.81. The van der Waals surface area contributed by atoms with Gasteiger partial charge in [-0.1, -0.05) is 146 Å². The molecule has 3 aromatic heterocycles. The summed E-state index contributed by atoms with van der Waals surface area (Å²) in [6, 6.07) is 63.5. The van der Waals surface area contributed by atoms with Gasteiger partial charge < -0.3 is 9.13 Å². The van der Waals surface area contributed by atoms with Gasteiger partial charge in [0, 0.05) is 50.4 Å². The highest BCUT2D eigenvalue weighted by Crippen LogP contribution is 2.38. The molecule has 0 fully saturated rings. The van der Waals surface area contributed by atoms with E-state index in [4.69, 9.17) is 15.0 Å². The molecule has 52 heavy (non-hydrogen) atoms. The molecule has 0 N–H and O–H groups in total. The zero-order chi connectivity index (χ0) is 34.4. The molecule has 0 spiro atoms. The van der Waals surface area contributed by atoms with Crippen LogP contribution in [0.25, 0.3) is 89.4 Å². The second kappa shape index (κ2) is 12.3. The lowest BCUT2D eigenvalue weighted by molar-refractivity contribution is 1.07. The normalized spacial score (nSPS) is 11.5. The minimum atomic E-state index is 0.646. The van der Waals surface area contributed by atoms with E-state index >= 15 is 0 Å². The molecular formula is C47H31N5. The summed E-state index contributed by atoms with van der Waals surface area (Å²) in [5.74, 6) is 1.96. The molecule has 244 valence electrons. The highest BCUT2D eigenvalue weighted by atomic mass is 15.0. The van der Waals surface area contributed by atoms with E-state index in [1.807, 2.05) is 60.7 Å². The second-order valence-electron chi connectivity index (χ2n) is 12.9. The van der Waals surface area contributed by atoms with E-state index in [1.54, 1.807) is 0 Å². The summed E-state index contributed by atoms with van der Waals surface area (Å²) in [6.45, 7) is 0. The molecule has 0 bridgehead atoms. The minimum absolute atomic E-state index is 0.646. The maximum absolute atomic E-state index is 4.91. The van der Waals surface area contributed by atoms with Crippen molar-refractivity contribution in [1.29, 1.82) is 0 Å². The van der Waals surface area contributed by atoms with Crippen LogP contribution in [0.3, 0.4) is 0 Å². The monoisotopic (exact) mass is 665 g/mol. The molecule has 0 radical (unpaired) electrons. The number of hydrogen-bond acceptors (Lipinski definition) is 3. The summed E-state index contributed by atoms with van der Waals surface area (Å²) in [7, 11) is 0. The SMILES string of the molecule is c1ccc(-c2nc(-c3ccccc3)nc(-c3ccc(-c4ccc(-n5c6ccccc6c6ccc7ccn(-c8ccccc8)c7c65)cc4)cc3)n2)cc1. The fraction of sp³-hybridized carbons (Fsp3) is 0. The first kappa shape index (κ1) is 29.8. The van der Waals surface area contributed by atoms with Crippen molar-refractivity contribution in [3.8, 4) is 56.7 Å². The number of rotatable bonds is 6. The fourth-order valence-corrected chi connectivity index (χ4v) is 7.30. The zero-order valence-corrected chi connectivity index (χ0v) is 28.1. The number of fused-ring (bicyclic) bond motifs is 5. The summed E-state index contributed by atoms with van der Waals surface area (Å²) in [5.41, 5.74) is 11.0. The lowest BCUT2D eigenvalue weighted by Crippen LogP contribution is -2.00. The van der Waals surface area contributed by atoms with Crippen LogP contribution in [0.1, 0.15) is 0 Å². The Labute approximate surface area is 300 Å². The first-order valence-electron chi connectivity index (χ1n) is 17.5.